The van der Waals surface area contributed by atoms with Crippen molar-refractivity contribution in [1.29, 1.82) is 0 Å². The summed E-state index contributed by atoms with van der Waals surface area (Å²) in [6, 6.07) is 5.81. The van der Waals surface area contributed by atoms with E-state index in [9.17, 15) is 8.78 Å². The smallest absolute Gasteiger partial charge is 0.152 e. The average molecular weight is 1470 g/mol. The minimum absolute atomic E-state index is 0.264. The van der Waals surface area contributed by atoms with E-state index >= 15 is 0 Å². The van der Waals surface area contributed by atoms with Crippen LogP contribution in [-0.4, -0.2) is 272 Å². The largest absolute Gasteiger partial charge is 0.463 e. The third-order valence-electron chi connectivity index (χ3n) is 21.6. The maximum atomic E-state index is 12.7. The van der Waals surface area contributed by atoms with Gasteiger partial charge < -0.3 is 96.4 Å². The molecule has 10 fully saturated rings. The molecule has 10 heterocycles. The van der Waals surface area contributed by atoms with Gasteiger partial charge >= 0.3 is 0 Å². The van der Waals surface area contributed by atoms with Crippen LogP contribution in [0.5, 0.6) is 0 Å². The van der Waals surface area contributed by atoms with E-state index in [1.165, 1.54) is 181 Å². The van der Waals surface area contributed by atoms with Crippen LogP contribution < -0.4 is 49.0 Å². The van der Waals surface area contributed by atoms with E-state index in [1.807, 2.05) is 27.7 Å². The maximum Gasteiger partial charge on any atom is 0.152 e. The van der Waals surface area contributed by atoms with Gasteiger partial charge in [-0.15, -0.1) is 0 Å². The number of rotatable bonds is 28. The maximum absolute atomic E-state index is 12.7. The average Bonchev–Trinajstić information content (AvgIpc) is 1.83. The molecule has 10 unspecified atom stereocenters. The van der Waals surface area contributed by atoms with E-state index < -0.39 is 12.3 Å². The summed E-state index contributed by atoms with van der Waals surface area (Å²) in [5, 5.41) is 0. The zero-order chi connectivity index (χ0) is 76.0. The lowest BCUT2D eigenvalue weighted by Crippen LogP contribution is -3.09. The summed E-state index contributed by atoms with van der Waals surface area (Å²) in [7, 11) is 46.6. The molecule has 0 aromatic carbocycles. The van der Waals surface area contributed by atoms with Crippen LogP contribution in [-0.2, 0) is 47.4 Å². The highest BCUT2D eigenvalue weighted by atomic mass is 19.1. The van der Waals surface area contributed by atoms with Crippen LogP contribution in [0.4, 0.5) is 8.78 Å². The fourth-order valence-corrected chi connectivity index (χ4v) is 15.2. The number of quaternary nitrogens is 10. The number of likely N-dealkylation sites (tertiary alicyclic amines) is 10. The zero-order valence-electron chi connectivity index (χ0n) is 68.1. The van der Waals surface area contributed by atoms with Crippen molar-refractivity contribution < 1.29 is 105 Å². The highest BCUT2D eigenvalue weighted by molar-refractivity contribution is 4.72. The van der Waals surface area contributed by atoms with Crippen LogP contribution in [0.2, 0.25) is 0 Å². The Labute approximate surface area is 628 Å². The minimum Gasteiger partial charge on any atom is -0.463 e. The zero-order valence-corrected chi connectivity index (χ0v) is 68.1. The molecular formula is C80H168F2N10O10. The lowest BCUT2D eigenvalue weighted by Gasteiger charge is -2.22. The fourth-order valence-electron chi connectivity index (χ4n) is 15.2. The summed E-state index contributed by atoms with van der Waals surface area (Å²) in [6.07, 6.45) is 20.3. The molecule has 10 rings (SSSR count). The van der Waals surface area contributed by atoms with E-state index in [1.54, 1.807) is 28.4 Å². The Kier molecular flexibility index (Phi) is 61.0. The monoisotopic (exact) mass is 1470 g/mol. The van der Waals surface area contributed by atoms with Crippen LogP contribution in [0.15, 0.2) is 0 Å². The Bertz CT molecular complexity index is 1740. The molecule has 10 aliphatic heterocycles. The van der Waals surface area contributed by atoms with Crippen LogP contribution in [0, 0.1) is 82.3 Å². The Hall–Kier alpha value is -0.940. The minimum atomic E-state index is -0.673. The Balaban J connectivity index is 0.000000567. The molecule has 0 amide bonds. The molecule has 24 atom stereocenters. The SMILES string of the molecule is [CH2-][NH+]1CCC[C@@H]1COC.[CH2-][NH+]1CCC[C@@H]1COCC.[CH2-][NH+]1CCC[C@@H]1COCCC.[CH2-][NH+]1CCC[C@H]1COC.[CH2-][NH+]1CCC[C@H]1COCC.[CH2-][NH+]1CCC[C@H]1COCCC.[CH2-][NH+]1C[C@@H](C)C[C@H]1COC.[CH2-][NH+]1C[C@@H](C)C[C@H]1COCC.[CH2-][NH+]1C[C@@H](F)C[C@H]1COC.[CH2-][NH+]1C[C@@H](F)C[C@H]1COCC. The van der Waals surface area contributed by atoms with E-state index in [0.29, 0.717) is 94.1 Å². The summed E-state index contributed by atoms with van der Waals surface area (Å²) in [5.41, 5.74) is 0. The first-order chi connectivity index (χ1) is 49.0. The van der Waals surface area contributed by atoms with Crippen molar-refractivity contribution in [3.05, 3.63) is 70.5 Å². The third-order valence-corrected chi connectivity index (χ3v) is 21.6. The Morgan fingerprint density at radius 2 is 0.480 bits per heavy atom. The van der Waals surface area contributed by atoms with E-state index in [2.05, 4.69) is 98.2 Å². The number of halogens is 2. The molecule has 10 aliphatic rings. The van der Waals surface area contributed by atoms with Gasteiger partial charge in [0, 0.05) is 144 Å². The fraction of sp³-hybridized carbons (Fsp3) is 0.875. The molecule has 0 spiro atoms. The van der Waals surface area contributed by atoms with Gasteiger partial charge in [0.2, 0.25) is 0 Å². The second-order valence-electron chi connectivity index (χ2n) is 30.7. The predicted molar refractivity (Wildman–Crippen MR) is 407 cm³/mol. The van der Waals surface area contributed by atoms with Gasteiger partial charge in [0.25, 0.3) is 0 Å². The topological polar surface area (TPSA) is 137 Å². The van der Waals surface area contributed by atoms with E-state index in [0.717, 1.165) is 120 Å². The molecule has 0 bridgehead atoms. The normalized spacial score (nSPS) is 35.5. The Morgan fingerprint density at radius 3 is 0.676 bits per heavy atom. The first kappa shape index (κ1) is 99.1. The van der Waals surface area contributed by atoms with Gasteiger partial charge in [-0.05, 0) is 79.1 Å². The molecule has 22 heteroatoms. The summed E-state index contributed by atoms with van der Waals surface area (Å²) < 4.78 is 77.6. The van der Waals surface area contributed by atoms with Gasteiger partial charge in [0.15, 0.2) is 12.3 Å². The van der Waals surface area contributed by atoms with Crippen LogP contribution >= 0.6 is 0 Å². The second-order valence-corrected chi connectivity index (χ2v) is 30.7. The molecule has 0 aromatic rings. The van der Waals surface area contributed by atoms with Crippen molar-refractivity contribution in [3.8, 4) is 0 Å². The summed E-state index contributed by atoms with van der Waals surface area (Å²) >= 11 is 0. The van der Waals surface area contributed by atoms with Crippen molar-refractivity contribution in [1.82, 2.24) is 0 Å². The lowest BCUT2D eigenvalue weighted by molar-refractivity contribution is -0.868. The summed E-state index contributed by atoms with van der Waals surface area (Å²) in [5.74, 6) is 1.65. The molecule has 0 saturated carbocycles. The quantitative estimate of drug-likeness (QED) is 0.0325. The van der Waals surface area contributed by atoms with Gasteiger partial charge in [0.05, 0.1) is 192 Å². The molecular weight excluding hydrogens is 1300 g/mol. The highest BCUT2D eigenvalue weighted by Crippen LogP contribution is 2.11. The molecule has 10 saturated heterocycles. The van der Waals surface area contributed by atoms with Gasteiger partial charge in [-0.25, -0.2) is 8.78 Å². The van der Waals surface area contributed by atoms with Crippen molar-refractivity contribution in [2.45, 2.75) is 244 Å². The molecule has 0 aromatic heterocycles. The van der Waals surface area contributed by atoms with Crippen molar-refractivity contribution in [3.63, 3.8) is 0 Å². The molecule has 10 N–H and O–H groups in total. The molecule has 20 nitrogen and oxygen atoms in total. The standard InChI is InChI=1S/3C9H19NO.C8H16FNO.3C8H17NO.C7H14FNO.2C7H15NO/c1-4-11-7-9-5-8(2)6-10(9)3;2*1-3-7-11-8-9-5-4-6-10(9)2;1-3-11-6-8-4-7(9)5-10(8)2;1-7-4-8(6-10-3)9(2)5-7;2*1-3-10-7-8-5-4-6-9(8)2;1-9-4-6(8)3-7(9)5-10-2;2*1-8-5-3-4-7(8)6-9-2/h8-10H,3-7H2,1-2H3;2*9-10H,2-8H2,1H3;7-8,10H,2-6H2,1H3;7-9H,2,4-6H2,1,3H3;2*8-9H,2-7H2,1H3;6-7,9H,1,3-5H2,2H3;2*7-8H,1,3-6H2,2H3/t8-,9-;2*9-;2*7-,8-;2*8-;6-,7-;2*7-/m0100010010/s1. The van der Waals surface area contributed by atoms with Crippen LogP contribution in [0.3, 0.4) is 0 Å². The molecule has 102 heavy (non-hydrogen) atoms. The number of hydrogen-bond acceptors (Lipinski definition) is 10. The third kappa shape index (κ3) is 45.3. The Morgan fingerprint density at radius 1 is 0.275 bits per heavy atom. The van der Waals surface area contributed by atoms with Gasteiger partial charge in [0.1, 0.15) is 0 Å². The number of alkyl halides is 2. The van der Waals surface area contributed by atoms with Gasteiger partial charge in [-0.1, -0.05) is 27.7 Å². The first-order valence-electron chi connectivity index (χ1n) is 40.5. The van der Waals surface area contributed by atoms with Crippen molar-refractivity contribution >= 4 is 0 Å². The van der Waals surface area contributed by atoms with Crippen molar-refractivity contribution in [2.24, 2.45) is 11.8 Å². The van der Waals surface area contributed by atoms with E-state index in [-0.39, 0.29) is 12.1 Å². The first-order valence-corrected chi connectivity index (χ1v) is 40.5. The summed E-state index contributed by atoms with van der Waals surface area (Å²) in [6.45, 7) is 41.1. The molecule has 612 valence electrons. The second kappa shape index (κ2) is 62.8. The number of methoxy groups -OCH3 is 4. The van der Waals surface area contributed by atoms with E-state index in [4.69, 9.17) is 47.4 Å². The summed E-state index contributed by atoms with van der Waals surface area (Å²) in [4.78, 5) is 13.2. The number of nitrogens with one attached hydrogen (secondary N) is 10. The van der Waals surface area contributed by atoms with Gasteiger partial charge in [-0.2, -0.15) is 70.5 Å². The predicted octanol–water partition coefficient (Wildman–Crippen LogP) is -1.77. The van der Waals surface area contributed by atoms with Crippen molar-refractivity contribution in [2.75, 3.05) is 200 Å². The van der Waals surface area contributed by atoms with Gasteiger partial charge in [-0.3, -0.25) is 0 Å². The van der Waals surface area contributed by atoms with Crippen LogP contribution in [0.1, 0.15) is 171 Å². The molecule has 0 radical (unpaired) electrons. The lowest BCUT2D eigenvalue weighted by atomic mass is 10.1. The molecule has 0 aliphatic carbocycles. The highest BCUT2D eigenvalue weighted by Gasteiger charge is 2.32. The van der Waals surface area contributed by atoms with Crippen LogP contribution in [0.25, 0.3) is 0 Å². The number of hydrogen-bond donors (Lipinski definition) is 10. The number of ether oxygens (including phenoxy) is 10.